The number of nitrogens with zero attached hydrogens (tertiary/aromatic N) is 4. The second-order valence-electron chi connectivity index (χ2n) is 8.90. The molecule has 0 spiro atoms. The topological polar surface area (TPSA) is 145 Å². The molecule has 2 saturated heterocycles. The van der Waals surface area contributed by atoms with Gasteiger partial charge in [-0.1, -0.05) is 23.7 Å². The van der Waals surface area contributed by atoms with Crippen LogP contribution in [0.3, 0.4) is 0 Å². The second kappa shape index (κ2) is 10.7. The molecule has 2 N–H and O–H groups in total. The van der Waals surface area contributed by atoms with E-state index in [9.17, 15) is 19.6 Å². The summed E-state index contributed by atoms with van der Waals surface area (Å²) < 4.78 is 36.2. The van der Waals surface area contributed by atoms with E-state index in [1.807, 2.05) is 0 Å². The van der Waals surface area contributed by atoms with E-state index < -0.39 is 50.3 Å². The van der Waals surface area contributed by atoms with Gasteiger partial charge in [-0.3, -0.25) is 18.1 Å². The Morgan fingerprint density at radius 2 is 2.19 bits per heavy atom. The third kappa shape index (κ3) is 5.87. The first-order valence-electron chi connectivity index (χ1n) is 11.2. The molecule has 2 aliphatic heterocycles. The molecule has 0 aliphatic carbocycles. The molecule has 0 saturated carbocycles. The number of halogens is 1. The largest absolute Gasteiger partial charge is 0.475 e. The summed E-state index contributed by atoms with van der Waals surface area (Å²) in [7, 11) is -0.469. The van der Waals surface area contributed by atoms with E-state index in [0.717, 1.165) is 10.1 Å². The van der Waals surface area contributed by atoms with Crippen LogP contribution in [0.15, 0.2) is 46.3 Å². The second-order valence-corrected chi connectivity index (χ2v) is 11.0. The molecule has 196 valence electrons. The monoisotopic (exact) mass is 542 g/mol. The van der Waals surface area contributed by atoms with Crippen LogP contribution in [0, 0.1) is 0 Å². The fourth-order valence-corrected chi connectivity index (χ4v) is 5.48. The smallest absolute Gasteiger partial charge is 0.387 e. The van der Waals surface area contributed by atoms with Crippen molar-refractivity contribution in [3.8, 4) is 0 Å². The molecule has 1 aromatic heterocycles. The predicted octanol–water partition coefficient (Wildman–Crippen LogP) is 2.43. The number of hydrogen-bond donors (Lipinski definition) is 2. The molecule has 2 aliphatic rings. The summed E-state index contributed by atoms with van der Waals surface area (Å²) in [6.45, 7) is 1.01. The number of hydrogen-bond acceptors (Lipinski definition) is 10. The Bertz CT molecular complexity index is 1220. The Balaban J connectivity index is 1.45. The van der Waals surface area contributed by atoms with E-state index in [1.165, 1.54) is 25.5 Å². The summed E-state index contributed by atoms with van der Waals surface area (Å²) in [5.41, 5.74) is -1.90. The van der Waals surface area contributed by atoms with Crippen molar-refractivity contribution in [2.24, 2.45) is 4.99 Å². The van der Waals surface area contributed by atoms with Crippen molar-refractivity contribution >= 4 is 31.6 Å². The Morgan fingerprint density at radius 3 is 2.89 bits per heavy atom. The third-order valence-electron chi connectivity index (χ3n) is 5.75. The normalized spacial score (nSPS) is 32.7. The molecule has 36 heavy (non-hydrogen) atoms. The van der Waals surface area contributed by atoms with Crippen LogP contribution in [0.5, 0.6) is 0 Å². The zero-order chi connectivity index (χ0) is 26.1. The molecule has 4 rings (SSSR count). The average molecular weight is 543 g/mol. The molecule has 1 aromatic carbocycles. The van der Waals surface area contributed by atoms with Crippen LogP contribution >= 0.6 is 19.4 Å². The summed E-state index contributed by atoms with van der Waals surface area (Å²) >= 11 is 6.04. The van der Waals surface area contributed by atoms with E-state index in [4.69, 9.17) is 29.9 Å². The van der Waals surface area contributed by atoms with E-state index >= 15 is 0 Å². The van der Waals surface area contributed by atoms with Crippen LogP contribution in [-0.2, 0) is 22.9 Å². The molecule has 2 aromatic rings. The zero-order valence-corrected chi connectivity index (χ0v) is 21.6. The summed E-state index contributed by atoms with van der Waals surface area (Å²) in [6.07, 6.45) is -1.20. The highest BCUT2D eigenvalue weighted by molar-refractivity contribution is 7.48. The molecule has 3 heterocycles. The predicted molar refractivity (Wildman–Crippen MR) is 130 cm³/mol. The van der Waals surface area contributed by atoms with Crippen LogP contribution in [0.25, 0.3) is 0 Å². The van der Waals surface area contributed by atoms with Gasteiger partial charge in [-0.25, -0.2) is 14.4 Å². The van der Waals surface area contributed by atoms with Crippen molar-refractivity contribution in [3.05, 3.63) is 57.6 Å². The molecule has 0 bridgehead atoms. The lowest BCUT2D eigenvalue weighted by Gasteiger charge is -2.30. The molecule has 0 amide bonds. The van der Waals surface area contributed by atoms with Crippen molar-refractivity contribution in [2.75, 3.05) is 27.3 Å². The van der Waals surface area contributed by atoms with Gasteiger partial charge in [-0.05, 0) is 30.7 Å². The highest BCUT2D eigenvalue weighted by Crippen LogP contribution is 2.57. The lowest BCUT2D eigenvalue weighted by atomic mass is 9.96. The van der Waals surface area contributed by atoms with Crippen molar-refractivity contribution in [2.45, 2.75) is 43.5 Å². The first-order chi connectivity index (χ1) is 17.0. The van der Waals surface area contributed by atoms with Gasteiger partial charge in [0.1, 0.15) is 17.8 Å². The highest BCUT2D eigenvalue weighted by atomic mass is 35.5. The number of aromatic nitrogens is 2. The number of aliphatic hydroxyl groups is 2. The molecule has 1 unspecified atom stereocenters. The van der Waals surface area contributed by atoms with Crippen LogP contribution in [0.2, 0.25) is 5.02 Å². The number of ether oxygens (including phenoxy) is 1. The number of aliphatic hydroxyl groups excluding tert-OH is 1. The van der Waals surface area contributed by atoms with Gasteiger partial charge >= 0.3 is 13.5 Å². The zero-order valence-electron chi connectivity index (χ0n) is 19.9. The number of benzene rings is 1. The van der Waals surface area contributed by atoms with E-state index in [2.05, 4.69) is 9.98 Å². The van der Waals surface area contributed by atoms with Gasteiger partial charge in [0.15, 0.2) is 12.0 Å². The van der Waals surface area contributed by atoms with Crippen LogP contribution in [-0.4, -0.2) is 76.1 Å². The molecular weight excluding hydrogens is 515 g/mol. The molecule has 6 atom stereocenters. The maximum absolute atomic E-state index is 13.1. The van der Waals surface area contributed by atoms with Crippen molar-refractivity contribution < 1.29 is 33.1 Å². The Hall–Kier alpha value is -2.15. The van der Waals surface area contributed by atoms with Gasteiger partial charge in [0.2, 0.25) is 0 Å². The highest BCUT2D eigenvalue weighted by Gasteiger charge is 2.54. The van der Waals surface area contributed by atoms with Gasteiger partial charge in [0.25, 0.3) is 0 Å². The number of rotatable bonds is 7. The Labute approximate surface area is 212 Å². The number of phosphoric ester groups is 1. The fraction of sp³-hybridized carbons (Fsp3) is 0.500. The van der Waals surface area contributed by atoms with Crippen molar-refractivity contribution in [3.63, 3.8) is 0 Å². The molecular formula is C22H28ClN4O8P. The maximum atomic E-state index is 13.1. The molecule has 14 heteroatoms. The van der Waals surface area contributed by atoms with Crippen LogP contribution < -0.4 is 5.69 Å². The first-order valence-corrected chi connectivity index (χ1v) is 13.0. The Kier molecular flexibility index (Phi) is 7.98. The minimum absolute atomic E-state index is 0.118. The SMILES string of the molecule is CN(C)C=Nc1ccn([C@@H]2O[C@H](COP3(=O)OCC[C@@H](c4cccc(Cl)c4)O3)[C@@H](O)[C@@]2(C)O)c(=O)n1. The van der Waals surface area contributed by atoms with Gasteiger partial charge in [-0.2, -0.15) is 4.98 Å². The third-order valence-corrected chi connectivity index (χ3v) is 7.46. The summed E-state index contributed by atoms with van der Waals surface area (Å²) in [6, 6.07) is 8.43. The quantitative estimate of drug-likeness (QED) is 0.304. The first kappa shape index (κ1) is 26.9. The minimum atomic E-state index is -4.01. The molecule has 12 nitrogen and oxygen atoms in total. The minimum Gasteiger partial charge on any atom is -0.387 e. The van der Waals surface area contributed by atoms with Gasteiger partial charge in [0.05, 0.1) is 25.7 Å². The molecule has 0 radical (unpaired) electrons. The van der Waals surface area contributed by atoms with Gasteiger partial charge < -0.3 is 19.8 Å². The molecule has 2 fully saturated rings. The lowest BCUT2D eigenvalue weighted by Crippen LogP contribution is -2.46. The standard InChI is InChI=1S/C22H28ClN4O8P/c1-22(30)19(28)17(34-20(22)27-9-7-18(25-21(27)29)24-13-26(2)3)12-33-36(31)32-10-8-16(35-36)14-5-4-6-15(23)11-14/h4-7,9,11,13,16-17,19-20,28,30H,8,10,12H2,1-3H3/t16-,17+,19+,20+,22+,36?/m0/s1. The summed E-state index contributed by atoms with van der Waals surface area (Å²) in [5, 5.41) is 22.2. The lowest BCUT2D eigenvalue weighted by molar-refractivity contribution is -0.0989. The van der Waals surface area contributed by atoms with Crippen LogP contribution in [0.4, 0.5) is 5.82 Å². The van der Waals surface area contributed by atoms with E-state index in [-0.39, 0.29) is 12.4 Å². The summed E-state index contributed by atoms with van der Waals surface area (Å²) in [4.78, 5) is 22.2. The van der Waals surface area contributed by atoms with Gasteiger partial charge in [0, 0.05) is 31.7 Å². The number of aliphatic imine (C=N–C) groups is 1. The average Bonchev–Trinajstić information content (AvgIpc) is 3.05. The fourth-order valence-electron chi connectivity index (χ4n) is 3.88. The van der Waals surface area contributed by atoms with Crippen LogP contribution in [0.1, 0.15) is 31.2 Å². The maximum Gasteiger partial charge on any atom is 0.475 e. The van der Waals surface area contributed by atoms with E-state index in [1.54, 1.807) is 43.3 Å². The Morgan fingerprint density at radius 1 is 1.42 bits per heavy atom. The van der Waals surface area contributed by atoms with Crippen molar-refractivity contribution in [1.29, 1.82) is 0 Å². The number of phosphoric acid groups is 1. The van der Waals surface area contributed by atoms with E-state index in [0.29, 0.717) is 11.4 Å². The summed E-state index contributed by atoms with van der Waals surface area (Å²) in [5.74, 6) is 0.168. The van der Waals surface area contributed by atoms with Gasteiger partial charge in [-0.15, -0.1) is 0 Å². The van der Waals surface area contributed by atoms with Crippen molar-refractivity contribution in [1.82, 2.24) is 14.5 Å².